The Morgan fingerprint density at radius 3 is 2.06 bits per heavy atom. The molecule has 2 heterocycles. The second-order valence-corrected chi connectivity index (χ2v) is 6.71. The van der Waals surface area contributed by atoms with Crippen molar-refractivity contribution in [3.8, 4) is 0 Å². The van der Waals surface area contributed by atoms with Crippen LogP contribution in [0.3, 0.4) is 0 Å². The van der Waals surface area contributed by atoms with Gasteiger partial charge in [0.2, 0.25) is 0 Å². The molecule has 2 aliphatic heterocycles. The summed E-state index contributed by atoms with van der Waals surface area (Å²) in [4.78, 5) is 0. The fraction of sp³-hybridized carbons (Fsp3) is 0.846. The maximum Gasteiger partial charge on any atom is 0.490 e. The third kappa shape index (κ3) is 2.44. The molecule has 0 saturated carbocycles. The molecule has 1 N–H and O–H groups in total. The van der Waals surface area contributed by atoms with Gasteiger partial charge in [-0.3, -0.25) is 0 Å². The minimum absolute atomic E-state index is 0.0389. The molecule has 0 spiro atoms. The summed E-state index contributed by atoms with van der Waals surface area (Å²) in [5.74, 6) is 0. The minimum atomic E-state index is -0.243. The molecule has 0 amide bonds. The normalized spacial score (nSPS) is 30.2. The lowest BCUT2D eigenvalue weighted by atomic mass is 9.72. The highest BCUT2D eigenvalue weighted by Crippen LogP contribution is 2.39. The quantitative estimate of drug-likeness (QED) is 0.710. The Labute approximate surface area is 105 Å². The highest BCUT2D eigenvalue weighted by Gasteiger charge is 2.52. The first-order valence-corrected chi connectivity index (χ1v) is 6.45. The molecule has 3 nitrogen and oxygen atoms in total. The van der Waals surface area contributed by atoms with E-state index >= 15 is 0 Å². The van der Waals surface area contributed by atoms with Gasteiger partial charge in [0.05, 0.1) is 11.2 Å². The first-order valence-electron chi connectivity index (χ1n) is 6.45. The van der Waals surface area contributed by atoms with E-state index in [4.69, 9.17) is 9.31 Å². The summed E-state index contributed by atoms with van der Waals surface area (Å²) in [5, 5.41) is 3.47. The van der Waals surface area contributed by atoms with Crippen LogP contribution in [-0.4, -0.2) is 30.4 Å². The first kappa shape index (κ1) is 13.1. The molecule has 0 aromatic carbocycles. The van der Waals surface area contributed by atoms with Gasteiger partial charge in [-0.25, -0.2) is 0 Å². The molecule has 0 aromatic rings. The topological polar surface area (TPSA) is 30.5 Å². The Hall–Kier alpha value is -0.315. The average molecular weight is 237 g/mol. The van der Waals surface area contributed by atoms with Crippen LogP contribution in [0, 0.1) is 0 Å². The van der Waals surface area contributed by atoms with Crippen molar-refractivity contribution < 1.29 is 9.31 Å². The molecular weight excluding hydrogens is 213 g/mol. The summed E-state index contributed by atoms with van der Waals surface area (Å²) >= 11 is 0. The summed E-state index contributed by atoms with van der Waals surface area (Å²) in [6.45, 7) is 13.7. The van der Waals surface area contributed by atoms with Crippen molar-refractivity contribution >= 4 is 7.12 Å². The number of rotatable bonds is 1. The molecule has 0 bridgehead atoms. The van der Waals surface area contributed by atoms with Gasteiger partial charge in [0.15, 0.2) is 0 Å². The van der Waals surface area contributed by atoms with Crippen LogP contribution >= 0.6 is 0 Å². The van der Waals surface area contributed by atoms with E-state index in [0.29, 0.717) is 0 Å². The molecule has 2 aliphatic rings. The fourth-order valence-corrected chi connectivity index (χ4v) is 2.30. The van der Waals surface area contributed by atoms with Gasteiger partial charge in [-0.05, 0) is 60.0 Å². The van der Waals surface area contributed by atoms with Gasteiger partial charge in [0.1, 0.15) is 0 Å². The van der Waals surface area contributed by atoms with E-state index < -0.39 is 0 Å². The van der Waals surface area contributed by atoms with Crippen LogP contribution < -0.4 is 5.32 Å². The maximum absolute atomic E-state index is 6.08. The Kier molecular flexibility index (Phi) is 2.96. The van der Waals surface area contributed by atoms with Crippen molar-refractivity contribution in [3.63, 3.8) is 0 Å². The van der Waals surface area contributed by atoms with Crippen molar-refractivity contribution in [2.75, 3.05) is 6.54 Å². The molecule has 0 aromatic heterocycles. The van der Waals surface area contributed by atoms with E-state index in [-0.39, 0.29) is 23.9 Å². The van der Waals surface area contributed by atoms with Gasteiger partial charge in [-0.1, -0.05) is 6.08 Å². The molecule has 0 unspecified atom stereocenters. The van der Waals surface area contributed by atoms with Gasteiger partial charge in [-0.2, -0.15) is 0 Å². The molecule has 0 radical (unpaired) electrons. The van der Waals surface area contributed by atoms with Crippen LogP contribution in [0.5, 0.6) is 0 Å². The van der Waals surface area contributed by atoms with E-state index in [1.807, 2.05) is 0 Å². The Bertz CT molecular complexity index is 331. The second-order valence-electron chi connectivity index (χ2n) is 6.71. The van der Waals surface area contributed by atoms with Crippen LogP contribution in [-0.2, 0) is 9.31 Å². The van der Waals surface area contributed by atoms with Crippen molar-refractivity contribution in [1.29, 1.82) is 0 Å². The summed E-state index contributed by atoms with van der Waals surface area (Å²) in [6.07, 6.45) is 3.25. The predicted octanol–water partition coefficient (Wildman–Crippen LogP) is 2.32. The van der Waals surface area contributed by atoms with Gasteiger partial charge in [-0.15, -0.1) is 0 Å². The summed E-state index contributed by atoms with van der Waals surface area (Å²) in [5.41, 5.74) is 0.825. The monoisotopic (exact) mass is 237 g/mol. The number of hydrogen-bond donors (Lipinski definition) is 1. The fourth-order valence-electron chi connectivity index (χ4n) is 2.30. The van der Waals surface area contributed by atoms with Crippen molar-refractivity contribution in [2.24, 2.45) is 0 Å². The van der Waals surface area contributed by atoms with Crippen LogP contribution in [0.15, 0.2) is 11.5 Å². The predicted molar refractivity (Wildman–Crippen MR) is 70.9 cm³/mol. The van der Waals surface area contributed by atoms with E-state index in [1.54, 1.807) is 0 Å². The summed E-state index contributed by atoms with van der Waals surface area (Å²) in [7, 11) is -0.179. The van der Waals surface area contributed by atoms with Crippen LogP contribution in [0.1, 0.15) is 48.0 Å². The third-order valence-corrected chi connectivity index (χ3v) is 4.10. The van der Waals surface area contributed by atoms with E-state index in [2.05, 4.69) is 52.9 Å². The molecule has 96 valence electrons. The lowest BCUT2D eigenvalue weighted by Gasteiger charge is -2.32. The number of hydrogen-bond acceptors (Lipinski definition) is 3. The molecule has 17 heavy (non-hydrogen) atoms. The maximum atomic E-state index is 6.08. The number of nitrogens with one attached hydrogen (secondary N) is 1. The van der Waals surface area contributed by atoms with Crippen molar-refractivity contribution in [2.45, 2.75) is 64.7 Å². The van der Waals surface area contributed by atoms with Gasteiger partial charge in [0, 0.05) is 5.54 Å². The SMILES string of the molecule is CC1(C)C=C(B2OC(C)(C)C(C)(C)O2)CCN1. The zero-order chi connectivity index (χ0) is 12.9. The van der Waals surface area contributed by atoms with E-state index in [9.17, 15) is 0 Å². The van der Waals surface area contributed by atoms with Crippen molar-refractivity contribution in [1.82, 2.24) is 5.32 Å². The van der Waals surface area contributed by atoms with Crippen LogP contribution in [0.4, 0.5) is 0 Å². The zero-order valence-electron chi connectivity index (χ0n) is 11.9. The molecule has 4 heteroatoms. The smallest absolute Gasteiger partial charge is 0.400 e. The standard InChI is InChI=1S/C13H24BNO2/c1-11(2)9-10(7-8-15-11)14-16-12(3,4)13(5,6)17-14/h9,15H,7-8H2,1-6H3. The first-order chi connectivity index (χ1) is 7.63. The molecule has 0 atom stereocenters. The second kappa shape index (κ2) is 3.84. The lowest BCUT2D eigenvalue weighted by molar-refractivity contribution is 0.00578. The lowest BCUT2D eigenvalue weighted by Crippen LogP contribution is -2.43. The molecule has 1 saturated heterocycles. The Morgan fingerprint density at radius 1 is 1.06 bits per heavy atom. The van der Waals surface area contributed by atoms with Gasteiger partial charge in [0.25, 0.3) is 0 Å². The highest BCUT2D eigenvalue weighted by atomic mass is 16.7. The highest BCUT2D eigenvalue weighted by molar-refractivity contribution is 6.54. The van der Waals surface area contributed by atoms with Crippen LogP contribution in [0.25, 0.3) is 0 Å². The Morgan fingerprint density at radius 2 is 1.59 bits per heavy atom. The average Bonchev–Trinajstić information content (AvgIpc) is 2.34. The summed E-state index contributed by atoms with van der Waals surface area (Å²) < 4.78 is 12.2. The van der Waals surface area contributed by atoms with E-state index in [0.717, 1.165) is 13.0 Å². The minimum Gasteiger partial charge on any atom is -0.400 e. The molecular formula is C13H24BNO2. The molecule has 0 aliphatic carbocycles. The third-order valence-electron chi connectivity index (χ3n) is 4.10. The molecule has 2 rings (SSSR count). The van der Waals surface area contributed by atoms with Crippen molar-refractivity contribution in [3.05, 3.63) is 11.5 Å². The van der Waals surface area contributed by atoms with Gasteiger partial charge >= 0.3 is 7.12 Å². The molecule has 1 fully saturated rings. The summed E-state index contributed by atoms with van der Waals surface area (Å²) in [6, 6.07) is 0. The zero-order valence-corrected chi connectivity index (χ0v) is 11.9. The Balaban J connectivity index is 2.19. The van der Waals surface area contributed by atoms with Crippen LogP contribution in [0.2, 0.25) is 0 Å². The van der Waals surface area contributed by atoms with E-state index in [1.165, 1.54) is 5.47 Å². The largest absolute Gasteiger partial charge is 0.490 e. The van der Waals surface area contributed by atoms with Gasteiger partial charge < -0.3 is 14.6 Å².